The van der Waals surface area contributed by atoms with Crippen LogP contribution in [0.25, 0.3) is 0 Å². The fourth-order valence-corrected chi connectivity index (χ4v) is 1.91. The molecule has 1 aliphatic rings. The average Bonchev–Trinajstić information content (AvgIpc) is 2.27. The van der Waals surface area contributed by atoms with E-state index >= 15 is 0 Å². The third kappa shape index (κ3) is 2.39. The molecular formula is C12H15NO3. The molecule has 0 spiro atoms. The van der Waals surface area contributed by atoms with E-state index in [2.05, 4.69) is 4.98 Å². The van der Waals surface area contributed by atoms with Crippen LogP contribution in [0.3, 0.4) is 0 Å². The Morgan fingerprint density at radius 2 is 2.50 bits per heavy atom. The topological polar surface area (TPSA) is 59.4 Å². The highest BCUT2D eigenvalue weighted by Crippen LogP contribution is 2.23. The van der Waals surface area contributed by atoms with Crippen molar-refractivity contribution >= 4 is 5.97 Å². The van der Waals surface area contributed by atoms with Crippen LogP contribution in [0, 0.1) is 0 Å². The van der Waals surface area contributed by atoms with Gasteiger partial charge in [-0.1, -0.05) is 6.92 Å². The number of rotatable bonds is 3. The molecule has 2 rings (SSSR count). The van der Waals surface area contributed by atoms with Crippen LogP contribution in [0.15, 0.2) is 12.3 Å². The summed E-state index contributed by atoms with van der Waals surface area (Å²) in [4.78, 5) is 15.0. The van der Waals surface area contributed by atoms with Crippen LogP contribution in [0.2, 0.25) is 0 Å². The molecule has 1 unspecified atom stereocenters. The molecule has 1 N–H and O–H groups in total. The van der Waals surface area contributed by atoms with Gasteiger partial charge in [0, 0.05) is 18.3 Å². The summed E-state index contributed by atoms with van der Waals surface area (Å²) in [5.41, 5.74) is 3.16. The van der Waals surface area contributed by atoms with Crippen LogP contribution in [0.4, 0.5) is 0 Å². The number of carboxylic acid groups (broad SMARTS) is 1. The van der Waals surface area contributed by atoms with Gasteiger partial charge in [0.1, 0.15) is 0 Å². The lowest BCUT2D eigenvalue weighted by Crippen LogP contribution is -2.13. The van der Waals surface area contributed by atoms with Crippen molar-refractivity contribution in [3.05, 3.63) is 29.1 Å². The summed E-state index contributed by atoms with van der Waals surface area (Å²) in [6, 6.07) is 2.02. The van der Waals surface area contributed by atoms with Gasteiger partial charge in [-0.3, -0.25) is 9.78 Å². The summed E-state index contributed by atoms with van der Waals surface area (Å²) < 4.78 is 5.36. The van der Waals surface area contributed by atoms with Crippen molar-refractivity contribution in [2.24, 2.45) is 0 Å². The first-order valence-corrected chi connectivity index (χ1v) is 5.44. The third-order valence-electron chi connectivity index (χ3n) is 2.87. The monoisotopic (exact) mass is 221 g/mol. The van der Waals surface area contributed by atoms with Crippen molar-refractivity contribution in [2.75, 3.05) is 6.61 Å². The highest BCUT2D eigenvalue weighted by molar-refractivity contribution is 5.67. The van der Waals surface area contributed by atoms with E-state index in [-0.39, 0.29) is 12.3 Å². The van der Waals surface area contributed by atoms with Gasteiger partial charge in [-0.15, -0.1) is 0 Å². The second-order valence-corrected chi connectivity index (χ2v) is 4.18. The van der Waals surface area contributed by atoms with Crippen molar-refractivity contribution in [1.29, 1.82) is 0 Å². The Hall–Kier alpha value is -1.42. The fraction of sp³-hybridized carbons (Fsp3) is 0.500. The largest absolute Gasteiger partial charge is 0.481 e. The molecule has 1 aromatic heterocycles. The average molecular weight is 221 g/mol. The zero-order valence-electron chi connectivity index (χ0n) is 9.27. The quantitative estimate of drug-likeness (QED) is 0.844. The third-order valence-corrected chi connectivity index (χ3v) is 2.87. The van der Waals surface area contributed by atoms with Gasteiger partial charge < -0.3 is 9.84 Å². The van der Waals surface area contributed by atoms with E-state index in [1.807, 2.05) is 13.0 Å². The number of hydrogen-bond donors (Lipinski definition) is 1. The molecule has 2 heterocycles. The van der Waals surface area contributed by atoms with Crippen LogP contribution >= 0.6 is 0 Å². The van der Waals surface area contributed by atoms with E-state index in [4.69, 9.17) is 9.84 Å². The second-order valence-electron chi connectivity index (χ2n) is 4.18. The lowest BCUT2D eigenvalue weighted by atomic mass is 9.96. The number of aromatic nitrogens is 1. The van der Waals surface area contributed by atoms with E-state index in [9.17, 15) is 4.79 Å². The molecule has 1 atom stereocenters. The minimum Gasteiger partial charge on any atom is -0.481 e. The molecule has 0 aliphatic carbocycles. The van der Waals surface area contributed by atoms with Crippen LogP contribution in [0.5, 0.6) is 0 Å². The first-order valence-electron chi connectivity index (χ1n) is 5.44. The number of pyridine rings is 1. The molecule has 0 saturated heterocycles. The summed E-state index contributed by atoms with van der Waals surface area (Å²) in [5.74, 6) is -0.779. The van der Waals surface area contributed by atoms with Gasteiger partial charge in [-0.05, 0) is 23.1 Å². The molecule has 1 aromatic rings. The highest BCUT2D eigenvalue weighted by Gasteiger charge is 2.15. The van der Waals surface area contributed by atoms with Crippen molar-refractivity contribution in [1.82, 2.24) is 4.98 Å². The molecule has 0 fully saturated rings. The summed E-state index contributed by atoms with van der Waals surface area (Å²) in [6.45, 7) is 3.22. The standard InChI is InChI=1S/C12H15NO3/c1-8(4-12(14)15)9-5-10-7-16-3-2-11(10)13-6-9/h5-6,8H,2-4,7H2,1H3,(H,14,15). The SMILES string of the molecule is CC(CC(=O)O)c1cnc2c(c1)COCC2. The van der Waals surface area contributed by atoms with Gasteiger partial charge in [0.2, 0.25) is 0 Å². The zero-order valence-corrected chi connectivity index (χ0v) is 9.27. The highest BCUT2D eigenvalue weighted by atomic mass is 16.5. The van der Waals surface area contributed by atoms with E-state index in [1.165, 1.54) is 0 Å². The van der Waals surface area contributed by atoms with Crippen LogP contribution in [-0.2, 0) is 22.6 Å². The Labute approximate surface area is 94.3 Å². The minimum atomic E-state index is -0.776. The zero-order chi connectivity index (χ0) is 11.5. The van der Waals surface area contributed by atoms with Crippen LogP contribution < -0.4 is 0 Å². The predicted molar refractivity (Wildman–Crippen MR) is 58.3 cm³/mol. The molecule has 16 heavy (non-hydrogen) atoms. The van der Waals surface area contributed by atoms with Gasteiger partial charge in [-0.25, -0.2) is 0 Å². The molecule has 0 saturated carbocycles. The minimum absolute atomic E-state index is 0.00257. The number of aliphatic carboxylic acids is 1. The van der Waals surface area contributed by atoms with E-state index < -0.39 is 5.97 Å². The number of carboxylic acids is 1. The molecule has 1 aliphatic heterocycles. The maximum atomic E-state index is 10.6. The molecular weight excluding hydrogens is 206 g/mol. The lowest BCUT2D eigenvalue weighted by molar-refractivity contribution is -0.137. The van der Waals surface area contributed by atoms with Crippen molar-refractivity contribution in [3.8, 4) is 0 Å². The lowest BCUT2D eigenvalue weighted by Gasteiger charge is -2.17. The number of fused-ring (bicyclic) bond motifs is 1. The summed E-state index contributed by atoms with van der Waals surface area (Å²) in [7, 11) is 0. The number of nitrogens with zero attached hydrogens (tertiary/aromatic N) is 1. The smallest absolute Gasteiger partial charge is 0.303 e. The molecule has 86 valence electrons. The molecule has 0 radical (unpaired) electrons. The summed E-state index contributed by atoms with van der Waals surface area (Å²) >= 11 is 0. The maximum Gasteiger partial charge on any atom is 0.303 e. The van der Waals surface area contributed by atoms with Crippen LogP contribution in [-0.4, -0.2) is 22.7 Å². The van der Waals surface area contributed by atoms with E-state index in [0.29, 0.717) is 6.61 Å². The molecule has 0 bridgehead atoms. The number of carbonyl (C=O) groups is 1. The molecule has 4 heteroatoms. The number of hydrogen-bond acceptors (Lipinski definition) is 3. The van der Waals surface area contributed by atoms with Gasteiger partial charge >= 0.3 is 5.97 Å². The molecule has 0 amide bonds. The Morgan fingerprint density at radius 3 is 3.25 bits per heavy atom. The summed E-state index contributed by atoms with van der Waals surface area (Å²) in [5, 5.41) is 8.74. The number of ether oxygens (including phenoxy) is 1. The molecule has 4 nitrogen and oxygen atoms in total. The Balaban J connectivity index is 2.19. The Bertz CT molecular complexity index is 403. The fourth-order valence-electron chi connectivity index (χ4n) is 1.91. The van der Waals surface area contributed by atoms with Crippen LogP contribution in [0.1, 0.15) is 36.1 Å². The first kappa shape index (κ1) is 11.1. The van der Waals surface area contributed by atoms with Crippen molar-refractivity contribution in [3.63, 3.8) is 0 Å². The van der Waals surface area contributed by atoms with E-state index in [0.717, 1.165) is 29.8 Å². The molecule has 0 aromatic carbocycles. The van der Waals surface area contributed by atoms with E-state index in [1.54, 1.807) is 6.20 Å². The first-order chi connectivity index (χ1) is 7.66. The van der Waals surface area contributed by atoms with Crippen molar-refractivity contribution < 1.29 is 14.6 Å². The van der Waals surface area contributed by atoms with Gasteiger partial charge in [0.15, 0.2) is 0 Å². The second kappa shape index (κ2) is 4.61. The Morgan fingerprint density at radius 1 is 1.69 bits per heavy atom. The predicted octanol–water partition coefficient (Wildman–Crippen LogP) is 1.73. The maximum absolute atomic E-state index is 10.6. The van der Waals surface area contributed by atoms with Gasteiger partial charge in [0.05, 0.1) is 19.6 Å². The Kier molecular flexibility index (Phi) is 3.19. The van der Waals surface area contributed by atoms with Gasteiger partial charge in [-0.2, -0.15) is 0 Å². The summed E-state index contributed by atoms with van der Waals surface area (Å²) in [6.07, 6.45) is 2.78. The normalized spacial score (nSPS) is 16.6. The van der Waals surface area contributed by atoms with Gasteiger partial charge in [0.25, 0.3) is 0 Å². The van der Waals surface area contributed by atoms with Crippen molar-refractivity contribution in [2.45, 2.75) is 32.3 Å².